The van der Waals surface area contributed by atoms with Crippen molar-refractivity contribution in [2.45, 2.75) is 6.92 Å². The number of hydrogen-bond acceptors (Lipinski definition) is 4. The van der Waals surface area contributed by atoms with Crippen molar-refractivity contribution in [1.82, 2.24) is 20.8 Å². The molecule has 6 nitrogen and oxygen atoms in total. The fourth-order valence-electron chi connectivity index (χ4n) is 1.33. The van der Waals surface area contributed by atoms with Crippen LogP contribution in [0.5, 0.6) is 0 Å². The number of aromatic amines is 2. The quantitative estimate of drug-likeness (QED) is 0.446. The van der Waals surface area contributed by atoms with Gasteiger partial charge in [0.2, 0.25) is 0 Å². The van der Waals surface area contributed by atoms with Gasteiger partial charge in [-0.15, -0.1) is 0 Å². The summed E-state index contributed by atoms with van der Waals surface area (Å²) in [6.45, 7) is 1.81. The average Bonchev–Trinajstić information content (AvgIpc) is 2.83. The number of benzene rings is 1. The topological polar surface area (TPSA) is 85.9 Å². The Morgan fingerprint density at radius 1 is 1.39 bits per heavy atom. The highest BCUT2D eigenvalue weighted by atomic mass is 32.1. The third-order valence-electron chi connectivity index (χ3n) is 2.28. The number of carbonyl (C=O) groups is 1. The van der Waals surface area contributed by atoms with Gasteiger partial charge in [-0.05, 0) is 12.5 Å². The molecule has 1 aromatic carbocycles. The van der Waals surface area contributed by atoms with Crippen LogP contribution in [-0.2, 0) is 0 Å². The Morgan fingerprint density at radius 3 is 2.72 bits per heavy atom. The fourth-order valence-corrected chi connectivity index (χ4v) is 1.51. The number of nitrogens with one attached hydrogen (secondary N) is 3. The number of aromatic nitrogens is 3. The number of hydrogen-bond donors (Lipinski definition) is 3. The van der Waals surface area contributed by atoms with Crippen LogP contribution in [0.25, 0.3) is 0 Å². The molecule has 3 N–H and O–H groups in total. The van der Waals surface area contributed by atoms with E-state index in [1.165, 1.54) is 0 Å². The number of amides is 1. The van der Waals surface area contributed by atoms with Crippen molar-refractivity contribution in [3.05, 3.63) is 46.2 Å². The second-order valence-electron chi connectivity index (χ2n) is 3.53. The van der Waals surface area contributed by atoms with Crippen LogP contribution in [0.15, 0.2) is 35.4 Å². The highest BCUT2D eigenvalue weighted by Gasteiger charge is 2.09. The summed E-state index contributed by atoms with van der Waals surface area (Å²) in [5, 5.41) is 12.6. The molecule has 0 saturated heterocycles. The molecule has 0 aliphatic rings. The van der Waals surface area contributed by atoms with E-state index in [2.05, 4.69) is 25.9 Å². The van der Waals surface area contributed by atoms with Crippen molar-refractivity contribution in [1.29, 1.82) is 0 Å². The minimum absolute atomic E-state index is 0.120. The van der Waals surface area contributed by atoms with E-state index in [9.17, 15) is 4.79 Å². The molecule has 0 radical (unpaired) electrons. The van der Waals surface area contributed by atoms with E-state index in [1.54, 1.807) is 6.92 Å². The molecule has 0 aliphatic heterocycles. The monoisotopic (exact) mass is 261 g/mol. The number of nitrogens with zero attached hydrogens (tertiary/aromatic N) is 2. The first-order valence-corrected chi connectivity index (χ1v) is 5.62. The van der Waals surface area contributed by atoms with Crippen LogP contribution in [0.1, 0.15) is 23.0 Å². The first-order valence-electron chi connectivity index (χ1n) is 5.21. The SMILES string of the molecule is C/C(=N\NC(=O)c1n[nH][nH]c1=S)c1ccccc1. The van der Waals surface area contributed by atoms with E-state index in [4.69, 9.17) is 12.2 Å². The third-order valence-corrected chi connectivity index (χ3v) is 2.58. The van der Waals surface area contributed by atoms with E-state index in [0.29, 0.717) is 5.71 Å². The van der Waals surface area contributed by atoms with Crippen molar-refractivity contribution < 1.29 is 4.79 Å². The van der Waals surface area contributed by atoms with Crippen molar-refractivity contribution >= 4 is 23.8 Å². The zero-order valence-corrected chi connectivity index (χ0v) is 10.4. The lowest BCUT2D eigenvalue weighted by Gasteiger charge is -2.00. The van der Waals surface area contributed by atoms with E-state index in [-0.39, 0.29) is 10.3 Å². The van der Waals surface area contributed by atoms with Crippen LogP contribution >= 0.6 is 12.2 Å². The Morgan fingerprint density at radius 2 is 2.11 bits per heavy atom. The molecule has 7 heteroatoms. The first-order chi connectivity index (χ1) is 8.68. The van der Waals surface area contributed by atoms with Crippen molar-refractivity contribution in [2.24, 2.45) is 5.10 Å². The molecule has 1 aromatic heterocycles. The molecule has 18 heavy (non-hydrogen) atoms. The molecule has 0 saturated carbocycles. The van der Waals surface area contributed by atoms with Gasteiger partial charge >= 0.3 is 0 Å². The van der Waals surface area contributed by atoms with Gasteiger partial charge in [-0.3, -0.25) is 9.89 Å². The minimum Gasteiger partial charge on any atom is -0.272 e. The van der Waals surface area contributed by atoms with Crippen LogP contribution < -0.4 is 5.43 Å². The summed E-state index contributed by atoms with van der Waals surface area (Å²) in [4.78, 5) is 11.7. The molecular weight excluding hydrogens is 250 g/mol. The molecule has 0 bridgehead atoms. The molecule has 0 fully saturated rings. The predicted octanol–water partition coefficient (Wildman–Crippen LogP) is 1.62. The second kappa shape index (κ2) is 5.37. The molecule has 2 rings (SSSR count). The summed E-state index contributed by atoms with van der Waals surface area (Å²) in [6.07, 6.45) is 0. The molecule has 0 aliphatic carbocycles. The number of rotatable bonds is 3. The van der Waals surface area contributed by atoms with E-state index < -0.39 is 5.91 Å². The standard InChI is InChI=1S/C11H11N5OS/c1-7(8-5-3-2-4-6-8)12-14-10(17)9-11(18)15-16-13-9/h2-6H,1H3,(H,14,17)(H2,13,15,16,18)/b12-7+. The van der Waals surface area contributed by atoms with Gasteiger partial charge in [0, 0.05) is 0 Å². The number of hydrazone groups is 1. The lowest BCUT2D eigenvalue weighted by atomic mass is 10.1. The smallest absolute Gasteiger partial charge is 0.272 e. The highest BCUT2D eigenvalue weighted by Crippen LogP contribution is 2.00. The Hall–Kier alpha value is -2.28. The lowest BCUT2D eigenvalue weighted by molar-refractivity contribution is 0.0949. The maximum atomic E-state index is 11.7. The molecule has 0 unspecified atom stereocenters. The van der Waals surface area contributed by atoms with Crippen molar-refractivity contribution in [3.63, 3.8) is 0 Å². The summed E-state index contributed by atoms with van der Waals surface area (Å²) in [7, 11) is 0. The highest BCUT2D eigenvalue weighted by molar-refractivity contribution is 7.71. The van der Waals surface area contributed by atoms with Crippen LogP contribution in [0.2, 0.25) is 0 Å². The van der Waals surface area contributed by atoms with Crippen LogP contribution in [-0.4, -0.2) is 27.0 Å². The van der Waals surface area contributed by atoms with Crippen LogP contribution in [0.3, 0.4) is 0 Å². The van der Waals surface area contributed by atoms with Gasteiger partial charge in [0.25, 0.3) is 5.91 Å². The van der Waals surface area contributed by atoms with Gasteiger partial charge in [0.1, 0.15) is 0 Å². The maximum Gasteiger partial charge on any atom is 0.294 e. The summed E-state index contributed by atoms with van der Waals surface area (Å²) in [6, 6.07) is 9.54. The summed E-state index contributed by atoms with van der Waals surface area (Å²) in [5.41, 5.74) is 4.16. The first kappa shape index (κ1) is 12.2. The van der Waals surface area contributed by atoms with Gasteiger partial charge in [0.15, 0.2) is 10.3 Å². The summed E-state index contributed by atoms with van der Waals surface area (Å²) in [5.74, 6) is -0.451. The molecule has 0 atom stereocenters. The molecule has 92 valence electrons. The maximum absolute atomic E-state index is 11.7. The number of H-pyrrole nitrogens is 2. The van der Waals surface area contributed by atoms with Gasteiger partial charge in [0.05, 0.1) is 5.71 Å². The van der Waals surface area contributed by atoms with Gasteiger partial charge in [-0.2, -0.15) is 10.2 Å². The van der Waals surface area contributed by atoms with Crippen molar-refractivity contribution in [2.75, 3.05) is 0 Å². The third kappa shape index (κ3) is 2.69. The summed E-state index contributed by atoms with van der Waals surface area (Å²) < 4.78 is 0.250. The number of carbonyl (C=O) groups excluding carboxylic acids is 1. The fraction of sp³-hybridized carbons (Fsp3) is 0.0909. The van der Waals surface area contributed by atoms with E-state index in [1.807, 2.05) is 30.3 Å². The molecule has 1 heterocycles. The average molecular weight is 261 g/mol. The largest absolute Gasteiger partial charge is 0.294 e. The van der Waals surface area contributed by atoms with E-state index in [0.717, 1.165) is 5.56 Å². The Labute approximate surface area is 108 Å². The normalized spacial score (nSPS) is 11.3. The Balaban J connectivity index is 2.10. The minimum atomic E-state index is -0.451. The van der Waals surface area contributed by atoms with Gasteiger partial charge in [-0.1, -0.05) is 42.5 Å². The van der Waals surface area contributed by atoms with Crippen LogP contribution in [0, 0.1) is 4.64 Å². The molecule has 0 spiro atoms. The molecular formula is C11H11N5OS. The Kier molecular flexibility index (Phi) is 3.63. The van der Waals surface area contributed by atoms with Gasteiger partial charge < -0.3 is 0 Å². The second-order valence-corrected chi connectivity index (χ2v) is 3.94. The Bertz CT molecular complexity index is 628. The lowest BCUT2D eigenvalue weighted by Crippen LogP contribution is -2.20. The van der Waals surface area contributed by atoms with Crippen molar-refractivity contribution in [3.8, 4) is 0 Å². The zero-order chi connectivity index (χ0) is 13.0. The van der Waals surface area contributed by atoms with E-state index >= 15 is 0 Å². The molecule has 2 aromatic rings. The summed E-state index contributed by atoms with van der Waals surface area (Å²) >= 11 is 4.88. The zero-order valence-electron chi connectivity index (χ0n) is 9.60. The van der Waals surface area contributed by atoms with Gasteiger partial charge in [-0.25, -0.2) is 10.6 Å². The predicted molar refractivity (Wildman–Crippen MR) is 69.9 cm³/mol. The molecule has 1 amide bonds. The van der Waals surface area contributed by atoms with Crippen LogP contribution in [0.4, 0.5) is 0 Å².